The predicted octanol–water partition coefficient (Wildman–Crippen LogP) is 2.43. The minimum absolute atomic E-state index is 0.0960. The first-order valence-corrected chi connectivity index (χ1v) is 13.7. The van der Waals surface area contributed by atoms with E-state index in [0.717, 1.165) is 11.3 Å². The second-order valence-corrected chi connectivity index (χ2v) is 11.6. The summed E-state index contributed by atoms with van der Waals surface area (Å²) in [5, 5.41) is 34.4. The maximum Gasteiger partial charge on any atom is 0.226 e. The molecule has 1 aromatic heterocycles. The fraction of sp³-hybridized carbons (Fsp3) is 0.452. The molecule has 9 nitrogen and oxygen atoms in total. The van der Waals surface area contributed by atoms with Crippen molar-refractivity contribution in [3.05, 3.63) is 77.4 Å². The molecule has 5 atom stereocenters. The molecule has 0 unspecified atom stereocenters. The standard InChI is InChI=1S/C31H36FN3O6/c1-34(2)15-22-25(19-8-6-5-7-9-19)31(20-10-12-21(13-11-20)35-16-29(32,17-35)18-36)30(38,27(22)37)26-23(41-31)14-24(39-3)33-28(26)40-4/h5-14,22,25,27,36-38H,15-18H2,1-4H3/t22-,25-,27-,30+,31+/m1/s1. The van der Waals surface area contributed by atoms with Crippen LogP contribution in [0.5, 0.6) is 17.5 Å². The zero-order valence-electron chi connectivity index (χ0n) is 23.6. The second kappa shape index (κ2) is 9.84. The summed E-state index contributed by atoms with van der Waals surface area (Å²) in [6.45, 7) is 0.144. The van der Waals surface area contributed by atoms with Crippen molar-refractivity contribution >= 4 is 5.69 Å². The highest BCUT2D eigenvalue weighted by Crippen LogP contribution is 2.70. The summed E-state index contributed by atoms with van der Waals surface area (Å²) in [7, 11) is 6.81. The summed E-state index contributed by atoms with van der Waals surface area (Å²) in [5.74, 6) is -0.250. The van der Waals surface area contributed by atoms with Gasteiger partial charge in [-0.3, -0.25) is 0 Å². The van der Waals surface area contributed by atoms with E-state index in [1.54, 1.807) is 6.07 Å². The number of hydrogen-bond acceptors (Lipinski definition) is 9. The number of alkyl halides is 1. The number of pyridine rings is 1. The predicted molar refractivity (Wildman–Crippen MR) is 150 cm³/mol. The minimum atomic E-state index is -1.95. The molecule has 6 rings (SSSR count). The molecule has 0 bridgehead atoms. The maximum atomic E-state index is 14.4. The maximum absolute atomic E-state index is 14.4. The third kappa shape index (κ3) is 3.92. The first-order valence-electron chi connectivity index (χ1n) is 13.7. The van der Waals surface area contributed by atoms with Gasteiger partial charge in [0.25, 0.3) is 0 Å². The molecule has 3 aliphatic rings. The van der Waals surface area contributed by atoms with Gasteiger partial charge in [0.15, 0.2) is 16.9 Å². The number of halogens is 1. The first-order chi connectivity index (χ1) is 19.6. The van der Waals surface area contributed by atoms with Crippen molar-refractivity contribution in [1.82, 2.24) is 9.88 Å². The highest BCUT2D eigenvalue weighted by atomic mass is 19.1. The van der Waals surface area contributed by atoms with Gasteiger partial charge in [0.05, 0.1) is 45.6 Å². The van der Waals surface area contributed by atoms with Crippen LogP contribution in [0.15, 0.2) is 60.7 Å². The molecular formula is C31H36FN3O6. The number of aliphatic hydroxyl groups is 3. The lowest BCUT2D eigenvalue weighted by Gasteiger charge is -2.45. The smallest absolute Gasteiger partial charge is 0.226 e. The van der Waals surface area contributed by atoms with Crippen LogP contribution in [0.2, 0.25) is 0 Å². The highest BCUT2D eigenvalue weighted by molar-refractivity contribution is 5.61. The van der Waals surface area contributed by atoms with Crippen molar-refractivity contribution in [2.45, 2.75) is 28.9 Å². The van der Waals surface area contributed by atoms with Gasteiger partial charge in [0.1, 0.15) is 5.75 Å². The SMILES string of the molecule is COc1cc2c(c(OC)n1)[C@]1(O)[C@H](O)[C@H](CN(C)C)[C@@H](c3ccccc3)[C@]1(c1ccc(N3CC(F)(CO)C3)cc1)O2. The lowest BCUT2D eigenvalue weighted by Crippen LogP contribution is -2.61. The monoisotopic (exact) mass is 565 g/mol. The Morgan fingerprint density at radius 2 is 1.76 bits per heavy atom. The Morgan fingerprint density at radius 1 is 1.07 bits per heavy atom. The number of aromatic nitrogens is 1. The average Bonchev–Trinajstić information content (AvgIpc) is 3.33. The van der Waals surface area contributed by atoms with E-state index in [-0.39, 0.29) is 30.4 Å². The molecule has 2 aliphatic heterocycles. The van der Waals surface area contributed by atoms with Gasteiger partial charge in [0.2, 0.25) is 11.8 Å². The van der Waals surface area contributed by atoms with E-state index in [0.29, 0.717) is 17.9 Å². The number of hydrogen-bond donors (Lipinski definition) is 3. The van der Waals surface area contributed by atoms with Crippen LogP contribution in [0.25, 0.3) is 0 Å². The van der Waals surface area contributed by atoms with Crippen molar-refractivity contribution in [3.63, 3.8) is 0 Å². The second-order valence-electron chi connectivity index (χ2n) is 11.6. The fourth-order valence-electron chi connectivity index (χ4n) is 7.13. The van der Waals surface area contributed by atoms with Crippen LogP contribution in [0, 0.1) is 5.92 Å². The van der Waals surface area contributed by atoms with E-state index >= 15 is 0 Å². The van der Waals surface area contributed by atoms with E-state index < -0.39 is 41.4 Å². The average molecular weight is 566 g/mol. The van der Waals surface area contributed by atoms with Gasteiger partial charge in [-0.2, -0.15) is 4.98 Å². The van der Waals surface area contributed by atoms with Gasteiger partial charge in [-0.1, -0.05) is 42.5 Å². The minimum Gasteiger partial charge on any atom is -0.481 e. The summed E-state index contributed by atoms with van der Waals surface area (Å²) in [5.41, 5.74) is -2.43. The number of benzene rings is 2. The molecule has 0 spiro atoms. The molecule has 1 saturated carbocycles. The topological polar surface area (TPSA) is 108 Å². The quantitative estimate of drug-likeness (QED) is 0.380. The highest BCUT2D eigenvalue weighted by Gasteiger charge is 2.77. The Labute approximate surface area is 238 Å². The Morgan fingerprint density at radius 3 is 2.34 bits per heavy atom. The molecule has 2 aromatic carbocycles. The Hall–Kier alpha value is -3.44. The number of fused-ring (bicyclic) bond motifs is 3. The van der Waals surface area contributed by atoms with Crippen molar-refractivity contribution < 1.29 is 33.9 Å². The van der Waals surface area contributed by atoms with Gasteiger partial charge in [-0.15, -0.1) is 0 Å². The Balaban J connectivity index is 1.57. The third-order valence-electron chi connectivity index (χ3n) is 8.87. The van der Waals surface area contributed by atoms with Gasteiger partial charge >= 0.3 is 0 Å². The van der Waals surface area contributed by atoms with Gasteiger partial charge < -0.3 is 39.3 Å². The molecule has 41 heavy (non-hydrogen) atoms. The van der Waals surface area contributed by atoms with E-state index in [4.69, 9.17) is 14.2 Å². The summed E-state index contributed by atoms with van der Waals surface area (Å²) >= 11 is 0. The largest absolute Gasteiger partial charge is 0.481 e. The molecule has 0 radical (unpaired) electrons. The van der Waals surface area contributed by atoms with Gasteiger partial charge in [-0.25, -0.2) is 4.39 Å². The van der Waals surface area contributed by atoms with E-state index in [1.807, 2.05) is 78.5 Å². The number of ether oxygens (including phenoxy) is 3. The van der Waals surface area contributed by atoms with Crippen molar-refractivity contribution in [3.8, 4) is 17.5 Å². The summed E-state index contributed by atoms with van der Waals surface area (Å²) in [6, 6.07) is 18.8. The molecule has 218 valence electrons. The van der Waals surface area contributed by atoms with Crippen LogP contribution in [-0.4, -0.2) is 91.5 Å². The molecule has 10 heteroatoms. The molecule has 0 amide bonds. The Kier molecular flexibility index (Phi) is 6.65. The third-order valence-corrected chi connectivity index (χ3v) is 8.87. The van der Waals surface area contributed by atoms with Crippen LogP contribution in [0.1, 0.15) is 22.6 Å². The zero-order valence-corrected chi connectivity index (χ0v) is 23.6. The number of aliphatic hydroxyl groups excluding tert-OH is 2. The van der Waals surface area contributed by atoms with E-state index in [9.17, 15) is 19.7 Å². The number of methoxy groups -OCH3 is 2. The normalized spacial score (nSPS) is 29.5. The fourth-order valence-corrected chi connectivity index (χ4v) is 7.13. The molecule has 1 saturated heterocycles. The van der Waals surface area contributed by atoms with Gasteiger partial charge in [-0.05, 0) is 37.4 Å². The lowest BCUT2D eigenvalue weighted by molar-refractivity contribution is -0.152. The van der Waals surface area contributed by atoms with Crippen LogP contribution >= 0.6 is 0 Å². The molecular weight excluding hydrogens is 529 g/mol. The first kappa shape index (κ1) is 27.7. The van der Waals surface area contributed by atoms with Crippen molar-refractivity contribution in [2.75, 3.05) is 59.5 Å². The molecule has 3 heterocycles. The number of anilines is 1. The van der Waals surface area contributed by atoms with Crippen LogP contribution < -0.4 is 19.1 Å². The molecule has 3 aromatic rings. The van der Waals surface area contributed by atoms with Gasteiger partial charge in [0, 0.05) is 30.1 Å². The number of rotatable bonds is 8. The zero-order chi connectivity index (χ0) is 29.2. The van der Waals surface area contributed by atoms with Crippen molar-refractivity contribution in [1.29, 1.82) is 0 Å². The molecule has 3 N–H and O–H groups in total. The summed E-state index contributed by atoms with van der Waals surface area (Å²) < 4.78 is 32.4. The Bertz CT molecular complexity index is 1420. The summed E-state index contributed by atoms with van der Waals surface area (Å²) in [6.07, 6.45) is -1.26. The van der Waals surface area contributed by atoms with Crippen molar-refractivity contribution in [2.24, 2.45) is 5.92 Å². The molecule has 2 fully saturated rings. The van der Waals surface area contributed by atoms with Crippen LogP contribution in [0.3, 0.4) is 0 Å². The van der Waals surface area contributed by atoms with E-state index in [2.05, 4.69) is 4.98 Å². The molecule has 1 aliphatic carbocycles. The summed E-state index contributed by atoms with van der Waals surface area (Å²) in [4.78, 5) is 8.27. The van der Waals surface area contributed by atoms with E-state index in [1.165, 1.54) is 14.2 Å². The van der Waals surface area contributed by atoms with Crippen LogP contribution in [0.4, 0.5) is 10.1 Å². The van der Waals surface area contributed by atoms with Crippen LogP contribution in [-0.2, 0) is 11.2 Å². The number of nitrogens with zero attached hydrogens (tertiary/aromatic N) is 3. The lowest BCUT2D eigenvalue weighted by atomic mass is 9.70.